The Morgan fingerprint density at radius 1 is 1.19 bits per heavy atom. The molecule has 0 saturated carbocycles. The summed E-state index contributed by atoms with van der Waals surface area (Å²) in [6, 6.07) is 6.47. The van der Waals surface area contributed by atoms with Gasteiger partial charge in [-0.15, -0.1) is 0 Å². The summed E-state index contributed by atoms with van der Waals surface area (Å²) >= 11 is 0. The smallest absolute Gasteiger partial charge is 0.261 e. The molecule has 2 N–H and O–H groups in total. The zero-order chi connectivity index (χ0) is 15.4. The van der Waals surface area contributed by atoms with E-state index in [0.29, 0.717) is 17.2 Å². The van der Waals surface area contributed by atoms with Gasteiger partial charge < -0.3 is 19.8 Å². The summed E-state index contributed by atoms with van der Waals surface area (Å²) in [6.07, 6.45) is 1.47. The maximum atomic E-state index is 12.1. The van der Waals surface area contributed by atoms with E-state index in [1.807, 2.05) is 6.92 Å². The van der Waals surface area contributed by atoms with Gasteiger partial charge in [-0.05, 0) is 30.7 Å². The van der Waals surface area contributed by atoms with Crippen molar-refractivity contribution in [1.29, 1.82) is 0 Å². The number of hydrogen-bond donors (Lipinski definition) is 2. The molecule has 0 aliphatic rings. The number of rotatable bonds is 4. The zero-order valence-corrected chi connectivity index (χ0v) is 12.0. The van der Waals surface area contributed by atoms with Crippen LogP contribution >= 0.6 is 0 Å². The minimum absolute atomic E-state index is 0.0479. The number of aromatic amines is 1. The van der Waals surface area contributed by atoms with Crippen LogP contribution in [0.25, 0.3) is 0 Å². The van der Waals surface area contributed by atoms with Crippen molar-refractivity contribution in [2.24, 2.45) is 0 Å². The molecule has 0 spiro atoms. The average molecular weight is 288 g/mol. The molecule has 1 aromatic carbocycles. The summed E-state index contributed by atoms with van der Waals surface area (Å²) in [5, 5.41) is 2.70. The van der Waals surface area contributed by atoms with Crippen LogP contribution < -0.4 is 20.3 Å². The van der Waals surface area contributed by atoms with Crippen molar-refractivity contribution >= 4 is 11.6 Å². The number of anilines is 1. The molecule has 2 rings (SSSR count). The standard InChI is InChI=1S/C15H16N2O4/c1-9-7-12(20-2)13(21-3)8-11(9)17-15(19)10-5-4-6-16-14(10)18/h4-8H,1-3H3,(H,16,18)(H,17,19). The van der Waals surface area contributed by atoms with Crippen molar-refractivity contribution in [3.63, 3.8) is 0 Å². The summed E-state index contributed by atoms with van der Waals surface area (Å²) in [6.45, 7) is 1.83. The van der Waals surface area contributed by atoms with Crippen molar-refractivity contribution in [3.8, 4) is 11.5 Å². The van der Waals surface area contributed by atoms with E-state index in [4.69, 9.17) is 9.47 Å². The van der Waals surface area contributed by atoms with Crippen LogP contribution in [0.3, 0.4) is 0 Å². The van der Waals surface area contributed by atoms with Crippen LogP contribution in [0, 0.1) is 6.92 Å². The van der Waals surface area contributed by atoms with E-state index in [9.17, 15) is 9.59 Å². The van der Waals surface area contributed by atoms with E-state index < -0.39 is 11.5 Å². The molecule has 1 heterocycles. The highest BCUT2D eigenvalue weighted by Gasteiger charge is 2.14. The van der Waals surface area contributed by atoms with Crippen LogP contribution in [0.5, 0.6) is 11.5 Å². The van der Waals surface area contributed by atoms with Gasteiger partial charge in [-0.2, -0.15) is 0 Å². The van der Waals surface area contributed by atoms with Gasteiger partial charge in [0.05, 0.1) is 14.2 Å². The molecule has 6 heteroatoms. The van der Waals surface area contributed by atoms with Gasteiger partial charge in [-0.3, -0.25) is 9.59 Å². The van der Waals surface area contributed by atoms with Gasteiger partial charge in [0, 0.05) is 18.0 Å². The van der Waals surface area contributed by atoms with E-state index in [-0.39, 0.29) is 5.56 Å². The quantitative estimate of drug-likeness (QED) is 0.901. The first-order valence-electron chi connectivity index (χ1n) is 6.28. The molecule has 1 amide bonds. The predicted octanol–water partition coefficient (Wildman–Crippen LogP) is 1.95. The maximum absolute atomic E-state index is 12.1. The lowest BCUT2D eigenvalue weighted by Gasteiger charge is -2.13. The van der Waals surface area contributed by atoms with Crippen LogP contribution in [0.15, 0.2) is 35.3 Å². The van der Waals surface area contributed by atoms with Crippen LogP contribution in [-0.4, -0.2) is 25.1 Å². The van der Waals surface area contributed by atoms with Crippen molar-refractivity contribution in [2.45, 2.75) is 6.92 Å². The fourth-order valence-corrected chi connectivity index (χ4v) is 1.91. The largest absolute Gasteiger partial charge is 0.493 e. The lowest BCUT2D eigenvalue weighted by atomic mass is 10.1. The highest BCUT2D eigenvalue weighted by molar-refractivity contribution is 6.04. The Bertz CT molecular complexity index is 722. The molecule has 6 nitrogen and oxygen atoms in total. The van der Waals surface area contributed by atoms with Crippen LogP contribution in [0.4, 0.5) is 5.69 Å². The van der Waals surface area contributed by atoms with Gasteiger partial charge >= 0.3 is 0 Å². The Balaban J connectivity index is 2.34. The average Bonchev–Trinajstić information content (AvgIpc) is 2.49. The van der Waals surface area contributed by atoms with Gasteiger partial charge in [-0.1, -0.05) is 0 Å². The first kappa shape index (κ1) is 14.6. The molecule has 0 radical (unpaired) electrons. The second-order valence-corrected chi connectivity index (χ2v) is 4.39. The number of benzene rings is 1. The highest BCUT2D eigenvalue weighted by Crippen LogP contribution is 2.32. The summed E-state index contributed by atoms with van der Waals surface area (Å²) in [5.41, 5.74) is 0.967. The lowest BCUT2D eigenvalue weighted by Crippen LogP contribution is -2.22. The number of hydrogen-bond acceptors (Lipinski definition) is 4. The molecule has 0 bridgehead atoms. The summed E-state index contributed by atoms with van der Waals surface area (Å²) < 4.78 is 10.4. The number of carbonyl (C=O) groups is 1. The molecule has 21 heavy (non-hydrogen) atoms. The SMILES string of the molecule is COc1cc(C)c(NC(=O)c2ccc[nH]c2=O)cc1OC. The van der Waals surface area contributed by atoms with Crippen molar-refractivity contribution < 1.29 is 14.3 Å². The number of amides is 1. The van der Waals surface area contributed by atoms with E-state index in [2.05, 4.69) is 10.3 Å². The Morgan fingerprint density at radius 3 is 2.48 bits per heavy atom. The molecule has 0 unspecified atom stereocenters. The second-order valence-electron chi connectivity index (χ2n) is 4.39. The third-order valence-electron chi connectivity index (χ3n) is 3.04. The van der Waals surface area contributed by atoms with E-state index in [1.54, 1.807) is 25.3 Å². The van der Waals surface area contributed by atoms with Crippen LogP contribution in [-0.2, 0) is 0 Å². The molecular weight excluding hydrogens is 272 g/mol. The summed E-state index contributed by atoms with van der Waals surface area (Å²) in [7, 11) is 3.06. The molecule has 0 atom stereocenters. The first-order chi connectivity index (χ1) is 10.1. The number of methoxy groups -OCH3 is 2. The van der Waals surface area contributed by atoms with E-state index in [1.165, 1.54) is 19.4 Å². The third kappa shape index (κ3) is 3.05. The number of pyridine rings is 1. The molecule has 0 fully saturated rings. The molecule has 0 aliphatic heterocycles. The number of carbonyl (C=O) groups excluding carboxylic acids is 1. The Kier molecular flexibility index (Phi) is 4.27. The van der Waals surface area contributed by atoms with Gasteiger partial charge in [0.15, 0.2) is 11.5 Å². The van der Waals surface area contributed by atoms with Crippen molar-refractivity contribution in [1.82, 2.24) is 4.98 Å². The second kappa shape index (κ2) is 6.13. The van der Waals surface area contributed by atoms with Crippen LogP contribution in [0.2, 0.25) is 0 Å². The molecular formula is C15H16N2O4. The fraction of sp³-hybridized carbons (Fsp3) is 0.200. The highest BCUT2D eigenvalue weighted by atomic mass is 16.5. The van der Waals surface area contributed by atoms with Crippen molar-refractivity contribution in [3.05, 3.63) is 51.9 Å². The molecule has 2 aromatic rings. The maximum Gasteiger partial charge on any atom is 0.261 e. The van der Waals surface area contributed by atoms with Gasteiger partial charge in [0.2, 0.25) is 0 Å². The molecule has 1 aromatic heterocycles. The van der Waals surface area contributed by atoms with E-state index >= 15 is 0 Å². The third-order valence-corrected chi connectivity index (χ3v) is 3.04. The van der Waals surface area contributed by atoms with Gasteiger partial charge in [0.25, 0.3) is 11.5 Å². The number of H-pyrrole nitrogens is 1. The normalized spacial score (nSPS) is 10.0. The van der Waals surface area contributed by atoms with Gasteiger partial charge in [0.1, 0.15) is 5.56 Å². The fourth-order valence-electron chi connectivity index (χ4n) is 1.91. The van der Waals surface area contributed by atoms with Crippen LogP contribution in [0.1, 0.15) is 15.9 Å². The number of ether oxygens (including phenoxy) is 2. The summed E-state index contributed by atoms with van der Waals surface area (Å²) in [5.74, 6) is 0.595. The minimum Gasteiger partial charge on any atom is -0.493 e. The first-order valence-corrected chi connectivity index (χ1v) is 6.28. The monoisotopic (exact) mass is 288 g/mol. The molecule has 0 saturated heterocycles. The van der Waals surface area contributed by atoms with Crippen molar-refractivity contribution in [2.75, 3.05) is 19.5 Å². The number of nitrogens with one attached hydrogen (secondary N) is 2. The number of aryl methyl sites for hydroxylation is 1. The topological polar surface area (TPSA) is 80.4 Å². The minimum atomic E-state index is -0.479. The zero-order valence-electron chi connectivity index (χ0n) is 12.0. The number of aromatic nitrogens is 1. The lowest BCUT2D eigenvalue weighted by molar-refractivity contribution is 0.102. The molecule has 110 valence electrons. The Hall–Kier alpha value is -2.76. The Labute approximate surface area is 121 Å². The van der Waals surface area contributed by atoms with Gasteiger partial charge in [-0.25, -0.2) is 0 Å². The summed E-state index contributed by atoms with van der Waals surface area (Å²) in [4.78, 5) is 26.2. The molecule has 0 aliphatic carbocycles. The van der Waals surface area contributed by atoms with E-state index in [0.717, 1.165) is 5.56 Å². The predicted molar refractivity (Wildman–Crippen MR) is 79.3 cm³/mol. The Morgan fingerprint density at radius 2 is 1.86 bits per heavy atom.